The van der Waals surface area contributed by atoms with Gasteiger partial charge in [0.1, 0.15) is 5.82 Å². The molecule has 1 aromatic carbocycles. The zero-order valence-electron chi connectivity index (χ0n) is 18.7. The Bertz CT molecular complexity index is 1110. The molecule has 2 heterocycles. The second kappa shape index (κ2) is 9.81. The lowest BCUT2D eigenvalue weighted by Crippen LogP contribution is -2.32. The van der Waals surface area contributed by atoms with Crippen molar-refractivity contribution in [2.45, 2.75) is 57.0 Å². The number of nitrogens with zero attached hydrogens (tertiary/aromatic N) is 1. The van der Waals surface area contributed by atoms with Crippen molar-refractivity contribution < 1.29 is 14.3 Å². The maximum absolute atomic E-state index is 13.3. The number of aromatic nitrogens is 2. The van der Waals surface area contributed by atoms with Crippen LogP contribution in [0.25, 0.3) is 0 Å². The lowest BCUT2D eigenvalue weighted by Gasteiger charge is -2.33. The minimum atomic E-state index is -0.496. The van der Waals surface area contributed by atoms with Gasteiger partial charge in [0.25, 0.3) is 5.56 Å². The van der Waals surface area contributed by atoms with Crippen LogP contribution in [0.5, 0.6) is 11.5 Å². The molecule has 0 bridgehead atoms. The van der Waals surface area contributed by atoms with Crippen molar-refractivity contribution in [1.82, 2.24) is 9.97 Å². The molecule has 8 heteroatoms. The number of H-pyrrole nitrogens is 1. The number of carbonyl (C=O) groups excluding carboxylic acids is 1. The highest BCUT2D eigenvalue weighted by atomic mass is 32.2. The number of hydrogen-bond donors (Lipinski definition) is 2. The predicted molar refractivity (Wildman–Crippen MR) is 126 cm³/mol. The van der Waals surface area contributed by atoms with Crippen molar-refractivity contribution in [3.05, 3.63) is 50.9 Å². The number of carbonyl (C=O) groups is 1. The highest BCUT2D eigenvalue weighted by molar-refractivity contribution is 7.99. The fourth-order valence-electron chi connectivity index (χ4n) is 4.29. The number of anilines is 1. The van der Waals surface area contributed by atoms with E-state index in [1.54, 1.807) is 18.9 Å². The Morgan fingerprint density at radius 3 is 2.78 bits per heavy atom. The Morgan fingerprint density at radius 1 is 1.19 bits per heavy atom. The third-order valence-corrected chi connectivity index (χ3v) is 6.75. The fourth-order valence-corrected chi connectivity index (χ4v) is 5.24. The van der Waals surface area contributed by atoms with Gasteiger partial charge in [-0.1, -0.05) is 31.2 Å². The van der Waals surface area contributed by atoms with Crippen molar-refractivity contribution in [2.75, 3.05) is 24.8 Å². The van der Waals surface area contributed by atoms with Crippen LogP contribution in [-0.4, -0.2) is 35.2 Å². The van der Waals surface area contributed by atoms with Crippen LogP contribution in [-0.2, 0) is 4.79 Å². The molecule has 0 fully saturated rings. The molecule has 1 unspecified atom stereocenters. The average molecular weight is 456 g/mol. The monoisotopic (exact) mass is 455 g/mol. The minimum Gasteiger partial charge on any atom is -0.493 e. The summed E-state index contributed by atoms with van der Waals surface area (Å²) >= 11 is 1.55. The SMILES string of the molecule is CCCCSc1nc2c(c(=O)[nH]1)C(c1ccc(OCC)c(OC)c1)C1=C(CCCC1=O)N2. The Kier molecular flexibility index (Phi) is 6.89. The van der Waals surface area contributed by atoms with Gasteiger partial charge in [0.05, 0.1) is 19.3 Å². The number of ether oxygens (including phenoxy) is 2. The van der Waals surface area contributed by atoms with Crippen molar-refractivity contribution in [3.8, 4) is 11.5 Å². The molecule has 7 nitrogen and oxygen atoms in total. The summed E-state index contributed by atoms with van der Waals surface area (Å²) in [4.78, 5) is 33.9. The molecule has 170 valence electrons. The van der Waals surface area contributed by atoms with Gasteiger partial charge >= 0.3 is 0 Å². The van der Waals surface area contributed by atoms with Crippen LogP contribution >= 0.6 is 11.8 Å². The van der Waals surface area contributed by atoms with E-state index in [2.05, 4.69) is 17.2 Å². The van der Waals surface area contributed by atoms with Gasteiger partial charge in [-0.15, -0.1) is 0 Å². The summed E-state index contributed by atoms with van der Waals surface area (Å²) in [6, 6.07) is 5.60. The van der Waals surface area contributed by atoms with E-state index in [9.17, 15) is 9.59 Å². The Labute approximate surface area is 192 Å². The van der Waals surface area contributed by atoms with Gasteiger partial charge in [-0.25, -0.2) is 4.98 Å². The van der Waals surface area contributed by atoms with E-state index in [0.717, 1.165) is 42.7 Å². The number of hydrogen-bond acceptors (Lipinski definition) is 7. The normalized spacial score (nSPS) is 17.5. The third-order valence-electron chi connectivity index (χ3n) is 5.79. The fraction of sp³-hybridized carbons (Fsp3) is 0.458. The highest BCUT2D eigenvalue weighted by Crippen LogP contribution is 2.45. The van der Waals surface area contributed by atoms with Crippen LogP contribution in [0.1, 0.15) is 63.0 Å². The average Bonchev–Trinajstić information content (AvgIpc) is 2.78. The number of nitrogens with one attached hydrogen (secondary N) is 2. The van der Waals surface area contributed by atoms with Gasteiger partial charge in [-0.2, -0.15) is 0 Å². The summed E-state index contributed by atoms with van der Waals surface area (Å²) in [5.41, 5.74) is 2.60. The summed E-state index contributed by atoms with van der Waals surface area (Å²) < 4.78 is 11.2. The molecule has 0 saturated carbocycles. The van der Waals surface area contributed by atoms with E-state index in [1.807, 2.05) is 25.1 Å². The molecule has 1 atom stereocenters. The van der Waals surface area contributed by atoms with Gasteiger partial charge < -0.3 is 19.8 Å². The summed E-state index contributed by atoms with van der Waals surface area (Å²) in [5, 5.41) is 3.92. The molecule has 2 aromatic rings. The van der Waals surface area contributed by atoms with E-state index in [1.165, 1.54) is 0 Å². The van der Waals surface area contributed by atoms with E-state index in [-0.39, 0.29) is 11.3 Å². The number of allylic oxidation sites excluding steroid dienone is 2. The Hall–Kier alpha value is -2.74. The maximum Gasteiger partial charge on any atom is 0.257 e. The number of unbranched alkanes of at least 4 members (excludes halogenated alkanes) is 1. The Balaban J connectivity index is 1.84. The van der Waals surface area contributed by atoms with Crippen LogP contribution in [0.4, 0.5) is 5.82 Å². The lowest BCUT2D eigenvalue weighted by atomic mass is 9.76. The first-order valence-electron chi connectivity index (χ1n) is 11.2. The van der Waals surface area contributed by atoms with Crippen LogP contribution in [0.15, 0.2) is 39.4 Å². The van der Waals surface area contributed by atoms with Crippen LogP contribution < -0.4 is 20.3 Å². The van der Waals surface area contributed by atoms with Crippen LogP contribution in [0.2, 0.25) is 0 Å². The van der Waals surface area contributed by atoms with E-state index in [4.69, 9.17) is 14.5 Å². The number of fused-ring (bicyclic) bond motifs is 1. The topological polar surface area (TPSA) is 93.3 Å². The second-order valence-electron chi connectivity index (χ2n) is 7.91. The van der Waals surface area contributed by atoms with Gasteiger partial charge in [0.15, 0.2) is 22.4 Å². The molecule has 0 spiro atoms. The summed E-state index contributed by atoms with van der Waals surface area (Å²) in [6.07, 6.45) is 4.17. The first-order chi connectivity index (χ1) is 15.6. The first-order valence-corrected chi connectivity index (χ1v) is 12.2. The standard InChI is InChI=1S/C24H29N3O4S/c1-4-6-12-32-24-26-22-21(23(29)27-24)19(20-15(25-22)8-7-9-16(20)28)14-10-11-17(31-5-2)18(13-14)30-3/h10-11,13,19H,4-9,12H2,1-3H3,(H2,25,26,27,29). The first kappa shape index (κ1) is 22.5. The quantitative estimate of drug-likeness (QED) is 0.340. The summed E-state index contributed by atoms with van der Waals surface area (Å²) in [5.74, 6) is 2.22. The molecule has 32 heavy (non-hydrogen) atoms. The van der Waals surface area contributed by atoms with Crippen molar-refractivity contribution in [3.63, 3.8) is 0 Å². The molecule has 1 aliphatic carbocycles. The second-order valence-corrected chi connectivity index (χ2v) is 8.99. The summed E-state index contributed by atoms with van der Waals surface area (Å²) in [7, 11) is 1.59. The zero-order chi connectivity index (χ0) is 22.7. The molecular formula is C24H29N3O4S. The summed E-state index contributed by atoms with van der Waals surface area (Å²) in [6.45, 7) is 4.56. The molecule has 0 amide bonds. The molecule has 1 aromatic heterocycles. The molecule has 2 aliphatic rings. The van der Waals surface area contributed by atoms with Crippen LogP contribution in [0, 0.1) is 0 Å². The predicted octanol–water partition coefficient (Wildman–Crippen LogP) is 4.63. The van der Waals surface area contributed by atoms with E-state index in [0.29, 0.717) is 46.6 Å². The Morgan fingerprint density at radius 2 is 2.03 bits per heavy atom. The number of aromatic amines is 1. The largest absolute Gasteiger partial charge is 0.493 e. The molecular weight excluding hydrogens is 426 g/mol. The van der Waals surface area contributed by atoms with Gasteiger partial charge in [0, 0.05) is 29.4 Å². The number of rotatable bonds is 8. The molecule has 1 aliphatic heterocycles. The van der Waals surface area contributed by atoms with Crippen molar-refractivity contribution in [2.24, 2.45) is 0 Å². The number of benzene rings is 1. The molecule has 0 radical (unpaired) electrons. The van der Waals surface area contributed by atoms with Crippen molar-refractivity contribution in [1.29, 1.82) is 0 Å². The molecule has 0 saturated heterocycles. The number of thioether (sulfide) groups is 1. The van der Waals surface area contributed by atoms with Crippen molar-refractivity contribution >= 4 is 23.4 Å². The number of Topliss-reactive ketones (excluding diaryl/α,β-unsaturated/α-hetero) is 1. The van der Waals surface area contributed by atoms with Gasteiger partial charge in [0.2, 0.25) is 0 Å². The smallest absolute Gasteiger partial charge is 0.257 e. The van der Waals surface area contributed by atoms with E-state index < -0.39 is 5.92 Å². The zero-order valence-corrected chi connectivity index (χ0v) is 19.6. The highest BCUT2D eigenvalue weighted by Gasteiger charge is 2.38. The number of methoxy groups -OCH3 is 1. The minimum absolute atomic E-state index is 0.0723. The lowest BCUT2D eigenvalue weighted by molar-refractivity contribution is -0.116. The van der Waals surface area contributed by atoms with Crippen LogP contribution in [0.3, 0.4) is 0 Å². The number of ketones is 1. The van der Waals surface area contributed by atoms with Gasteiger partial charge in [-0.05, 0) is 43.9 Å². The third kappa shape index (κ3) is 4.28. The maximum atomic E-state index is 13.3. The van der Waals surface area contributed by atoms with Gasteiger partial charge in [-0.3, -0.25) is 9.59 Å². The molecule has 4 rings (SSSR count). The molecule has 2 N–H and O–H groups in total. The van der Waals surface area contributed by atoms with E-state index >= 15 is 0 Å².